The molecule has 5 heteroatoms. The van der Waals surface area contributed by atoms with E-state index >= 15 is 0 Å². The van der Waals surface area contributed by atoms with Crippen molar-refractivity contribution in [3.8, 4) is 5.75 Å². The zero-order chi connectivity index (χ0) is 9.59. The molecule has 0 aliphatic carbocycles. The van der Waals surface area contributed by atoms with E-state index in [4.69, 9.17) is 33.7 Å². The first-order chi connectivity index (χ1) is 6.11. The van der Waals surface area contributed by atoms with Gasteiger partial charge < -0.3 is 10.5 Å². The first kappa shape index (κ1) is 9.06. The molecule has 0 radical (unpaired) electrons. The fourth-order valence-electron chi connectivity index (χ4n) is 1.28. The van der Waals surface area contributed by atoms with Crippen LogP contribution in [0.2, 0.25) is 10.0 Å². The van der Waals surface area contributed by atoms with Crippen LogP contribution >= 0.6 is 23.2 Å². The summed E-state index contributed by atoms with van der Waals surface area (Å²) in [6.07, 6.45) is 0. The molecule has 2 rings (SSSR count). The van der Waals surface area contributed by atoms with Crippen molar-refractivity contribution >= 4 is 23.2 Å². The van der Waals surface area contributed by atoms with Crippen LogP contribution in [0.25, 0.3) is 0 Å². The Morgan fingerprint density at radius 2 is 2.15 bits per heavy atom. The quantitative estimate of drug-likeness (QED) is 0.684. The molecule has 1 atom stereocenters. The summed E-state index contributed by atoms with van der Waals surface area (Å²) in [6.45, 7) is 0.314. The Kier molecular flexibility index (Phi) is 2.10. The lowest BCUT2D eigenvalue weighted by Gasteiger charge is -2.04. The minimum Gasteiger partial charge on any atom is -0.490 e. The van der Waals surface area contributed by atoms with Gasteiger partial charge in [-0.25, -0.2) is 4.39 Å². The maximum absolute atomic E-state index is 13.1. The molecule has 0 saturated carbocycles. The Morgan fingerprint density at radius 3 is 2.85 bits per heavy atom. The number of hydrogen-bond donors (Lipinski definition) is 1. The van der Waals surface area contributed by atoms with Crippen LogP contribution < -0.4 is 10.5 Å². The highest BCUT2D eigenvalue weighted by atomic mass is 35.5. The molecule has 0 saturated heterocycles. The predicted molar refractivity (Wildman–Crippen MR) is 48.8 cm³/mol. The van der Waals surface area contributed by atoms with Crippen LogP contribution in [0.5, 0.6) is 5.75 Å². The summed E-state index contributed by atoms with van der Waals surface area (Å²) < 4.78 is 18.2. The summed E-state index contributed by atoms with van der Waals surface area (Å²) in [5, 5.41) is -0.0147. The number of rotatable bonds is 0. The summed E-state index contributed by atoms with van der Waals surface area (Å²) in [5.74, 6) is -0.160. The van der Waals surface area contributed by atoms with Crippen molar-refractivity contribution < 1.29 is 9.13 Å². The Balaban J connectivity index is 2.67. The second-order valence-corrected chi connectivity index (χ2v) is 3.58. The van der Waals surface area contributed by atoms with E-state index < -0.39 is 5.82 Å². The van der Waals surface area contributed by atoms with Gasteiger partial charge in [0.2, 0.25) is 0 Å². The molecule has 2 nitrogen and oxygen atoms in total. The minimum absolute atomic E-state index is 0.101. The molecule has 70 valence electrons. The van der Waals surface area contributed by atoms with Crippen molar-refractivity contribution in [1.29, 1.82) is 0 Å². The van der Waals surface area contributed by atoms with Crippen molar-refractivity contribution in [2.75, 3.05) is 6.61 Å². The molecule has 0 bridgehead atoms. The molecule has 2 N–H and O–H groups in total. The standard InChI is InChI=1S/C8H6Cl2FNO/c9-6-4(11)1-3-5(12)2-13-8(3)7(6)10/h1,5H,2,12H2/t5-/m1/s1. The van der Waals surface area contributed by atoms with Gasteiger partial charge in [-0.15, -0.1) is 0 Å². The molecule has 1 aromatic carbocycles. The van der Waals surface area contributed by atoms with Gasteiger partial charge in [0, 0.05) is 5.56 Å². The van der Waals surface area contributed by atoms with E-state index in [2.05, 4.69) is 0 Å². The molecule has 0 fully saturated rings. The number of hydrogen-bond acceptors (Lipinski definition) is 2. The van der Waals surface area contributed by atoms with Gasteiger partial charge in [-0.05, 0) is 6.07 Å². The largest absolute Gasteiger partial charge is 0.490 e. The number of halogens is 3. The van der Waals surface area contributed by atoms with E-state index in [-0.39, 0.29) is 16.1 Å². The van der Waals surface area contributed by atoms with Gasteiger partial charge >= 0.3 is 0 Å². The lowest BCUT2D eigenvalue weighted by atomic mass is 10.1. The molecule has 1 aromatic rings. The summed E-state index contributed by atoms with van der Waals surface area (Å²) in [7, 11) is 0. The van der Waals surface area contributed by atoms with Crippen molar-refractivity contribution in [3.63, 3.8) is 0 Å². The molecule has 1 heterocycles. The molecule has 13 heavy (non-hydrogen) atoms. The normalized spacial score (nSPS) is 19.8. The molecule has 1 aliphatic heterocycles. The highest BCUT2D eigenvalue weighted by molar-refractivity contribution is 6.43. The van der Waals surface area contributed by atoms with Crippen LogP contribution in [0.1, 0.15) is 11.6 Å². The molecule has 0 unspecified atom stereocenters. The summed E-state index contributed by atoms with van der Waals surface area (Å²) >= 11 is 11.3. The van der Waals surface area contributed by atoms with Gasteiger partial charge in [-0.1, -0.05) is 23.2 Å². The first-order valence-electron chi connectivity index (χ1n) is 3.67. The van der Waals surface area contributed by atoms with Crippen LogP contribution in [0.4, 0.5) is 4.39 Å². The van der Waals surface area contributed by atoms with Crippen molar-refractivity contribution in [3.05, 3.63) is 27.5 Å². The molecule has 0 aromatic heterocycles. The Morgan fingerprint density at radius 1 is 1.46 bits per heavy atom. The van der Waals surface area contributed by atoms with Gasteiger partial charge in [0.05, 0.1) is 11.1 Å². The average Bonchev–Trinajstić information content (AvgIpc) is 2.45. The van der Waals surface area contributed by atoms with Crippen LogP contribution in [-0.2, 0) is 0 Å². The second kappa shape index (κ2) is 3.01. The molecule has 0 amide bonds. The lowest BCUT2D eigenvalue weighted by Crippen LogP contribution is -2.10. The lowest BCUT2D eigenvalue weighted by molar-refractivity contribution is 0.333. The Labute approximate surface area is 84.4 Å². The third-order valence-electron chi connectivity index (χ3n) is 1.95. The Bertz CT molecular complexity index is 370. The molecule has 0 spiro atoms. The first-order valence-corrected chi connectivity index (χ1v) is 4.42. The molecular formula is C8H6Cl2FNO. The smallest absolute Gasteiger partial charge is 0.144 e. The minimum atomic E-state index is -0.564. The SMILES string of the molecule is N[C@@H]1COc2c1cc(F)c(Cl)c2Cl. The monoisotopic (exact) mass is 221 g/mol. The van der Waals surface area contributed by atoms with Crippen LogP contribution in [-0.4, -0.2) is 6.61 Å². The van der Waals surface area contributed by atoms with Crippen molar-refractivity contribution in [1.82, 2.24) is 0 Å². The van der Waals surface area contributed by atoms with E-state index in [1.165, 1.54) is 6.07 Å². The van der Waals surface area contributed by atoms with E-state index in [0.29, 0.717) is 17.9 Å². The maximum atomic E-state index is 13.1. The fourth-order valence-corrected chi connectivity index (χ4v) is 1.68. The second-order valence-electron chi connectivity index (χ2n) is 2.82. The van der Waals surface area contributed by atoms with Crippen molar-refractivity contribution in [2.24, 2.45) is 5.73 Å². The fraction of sp³-hybridized carbons (Fsp3) is 0.250. The zero-order valence-corrected chi connectivity index (χ0v) is 7.99. The number of fused-ring (bicyclic) bond motifs is 1. The van der Waals surface area contributed by atoms with Gasteiger partial charge in [-0.2, -0.15) is 0 Å². The van der Waals surface area contributed by atoms with Crippen LogP contribution in [0.15, 0.2) is 6.07 Å². The van der Waals surface area contributed by atoms with Gasteiger partial charge in [0.1, 0.15) is 23.2 Å². The Hall–Kier alpha value is -0.510. The summed E-state index contributed by atoms with van der Waals surface area (Å²) in [4.78, 5) is 0. The maximum Gasteiger partial charge on any atom is 0.144 e. The van der Waals surface area contributed by atoms with E-state index in [0.717, 1.165) is 0 Å². The molecular weight excluding hydrogens is 216 g/mol. The van der Waals surface area contributed by atoms with Gasteiger partial charge in [0.25, 0.3) is 0 Å². The number of benzene rings is 1. The third kappa shape index (κ3) is 1.27. The van der Waals surface area contributed by atoms with Gasteiger partial charge in [-0.3, -0.25) is 0 Å². The van der Waals surface area contributed by atoms with E-state index in [1.54, 1.807) is 0 Å². The predicted octanol–water partition coefficient (Wildman–Crippen LogP) is 2.52. The zero-order valence-electron chi connectivity index (χ0n) is 6.48. The highest BCUT2D eigenvalue weighted by Gasteiger charge is 2.26. The third-order valence-corrected chi connectivity index (χ3v) is 2.78. The average molecular weight is 222 g/mol. The van der Waals surface area contributed by atoms with E-state index in [1.807, 2.05) is 0 Å². The van der Waals surface area contributed by atoms with Crippen LogP contribution in [0, 0.1) is 5.82 Å². The van der Waals surface area contributed by atoms with Gasteiger partial charge in [0.15, 0.2) is 0 Å². The van der Waals surface area contributed by atoms with E-state index in [9.17, 15) is 4.39 Å². The van der Waals surface area contributed by atoms with Crippen molar-refractivity contribution in [2.45, 2.75) is 6.04 Å². The topological polar surface area (TPSA) is 35.2 Å². The van der Waals surface area contributed by atoms with Crippen LogP contribution in [0.3, 0.4) is 0 Å². The summed E-state index contributed by atoms with van der Waals surface area (Å²) in [6, 6.07) is 0.945. The number of nitrogens with two attached hydrogens (primary N) is 1. The summed E-state index contributed by atoms with van der Waals surface area (Å²) in [5.41, 5.74) is 6.22. The number of ether oxygens (including phenoxy) is 1. The molecule has 1 aliphatic rings. The highest BCUT2D eigenvalue weighted by Crippen LogP contribution is 2.42.